The predicted molar refractivity (Wildman–Crippen MR) is 89.6 cm³/mol. The minimum Gasteiger partial charge on any atom is -0.479 e. The second-order valence-electron chi connectivity index (χ2n) is 5.27. The van der Waals surface area contributed by atoms with Crippen molar-refractivity contribution in [3.05, 3.63) is 53.6 Å². The van der Waals surface area contributed by atoms with Crippen molar-refractivity contribution in [3.63, 3.8) is 0 Å². The number of aromatic hydroxyl groups is 1. The van der Waals surface area contributed by atoms with Gasteiger partial charge in [-0.15, -0.1) is 0 Å². The molecule has 0 unspecified atom stereocenters. The lowest BCUT2D eigenvalue weighted by molar-refractivity contribution is 0.430. The zero-order valence-corrected chi connectivity index (χ0v) is 12.9. The molecule has 0 amide bonds. The minimum absolute atomic E-state index is 0.134. The molecule has 0 atom stereocenters. The van der Waals surface area contributed by atoms with E-state index in [0.29, 0.717) is 5.82 Å². The number of aryl methyl sites for hydroxylation is 2. The van der Waals surface area contributed by atoms with Gasteiger partial charge in [-0.05, 0) is 36.1 Å². The first-order valence-electron chi connectivity index (χ1n) is 7.17. The summed E-state index contributed by atoms with van der Waals surface area (Å²) >= 11 is 0. The van der Waals surface area contributed by atoms with Crippen LogP contribution in [0.2, 0.25) is 0 Å². The number of benzene rings is 2. The van der Waals surface area contributed by atoms with Gasteiger partial charge in [-0.2, -0.15) is 15.0 Å². The summed E-state index contributed by atoms with van der Waals surface area (Å²) in [6.07, 6.45) is 0. The van der Waals surface area contributed by atoms with E-state index in [0.717, 1.165) is 16.7 Å². The number of nitrogens with zero attached hydrogens (tertiary/aromatic N) is 3. The Morgan fingerprint density at radius 1 is 0.870 bits per heavy atom. The summed E-state index contributed by atoms with van der Waals surface area (Å²) in [6.45, 7) is 3.91. The average Bonchev–Trinajstić information content (AvgIpc) is 2.50. The third kappa shape index (κ3) is 2.97. The summed E-state index contributed by atoms with van der Waals surface area (Å²) in [6, 6.07) is 14.0. The first-order chi connectivity index (χ1) is 11.1. The number of rotatable bonds is 2. The van der Waals surface area contributed by atoms with E-state index in [4.69, 9.17) is 5.84 Å². The molecule has 1 aromatic carbocycles. The summed E-state index contributed by atoms with van der Waals surface area (Å²) in [4.78, 5) is 11.7. The summed E-state index contributed by atoms with van der Waals surface area (Å²) in [5, 5.41) is 9.41. The summed E-state index contributed by atoms with van der Waals surface area (Å²) < 4.78 is 0. The fourth-order valence-electron chi connectivity index (χ4n) is 2.37. The highest BCUT2D eigenvalue weighted by Crippen LogP contribution is 2.29. The third-order valence-electron chi connectivity index (χ3n) is 3.68. The SMILES string of the molecule is Cc1cccc(C)c1-c1nc(O)nc(NN)n1.c1cc2ccc1-2. The summed E-state index contributed by atoms with van der Waals surface area (Å²) in [5.74, 6) is 5.77. The highest BCUT2D eigenvalue weighted by atomic mass is 16.3. The predicted octanol–water partition coefficient (Wildman–Crippen LogP) is 2.81. The van der Waals surface area contributed by atoms with Gasteiger partial charge in [0.15, 0.2) is 5.82 Å². The number of nitrogens with one attached hydrogen (secondary N) is 1. The number of hydrogen-bond acceptors (Lipinski definition) is 6. The number of anilines is 1. The maximum atomic E-state index is 9.41. The molecule has 2 aliphatic carbocycles. The van der Waals surface area contributed by atoms with Gasteiger partial charge >= 0.3 is 6.01 Å². The Morgan fingerprint density at radius 2 is 1.43 bits per heavy atom. The molecule has 0 radical (unpaired) electrons. The summed E-state index contributed by atoms with van der Waals surface area (Å²) in [7, 11) is 0. The largest absolute Gasteiger partial charge is 0.479 e. The third-order valence-corrected chi connectivity index (χ3v) is 3.68. The molecule has 6 heteroatoms. The van der Waals surface area contributed by atoms with E-state index < -0.39 is 0 Å². The molecular formula is C17H17N5O. The lowest BCUT2D eigenvalue weighted by Crippen LogP contribution is -2.11. The van der Waals surface area contributed by atoms with Crippen LogP contribution in [0.1, 0.15) is 11.1 Å². The molecule has 0 spiro atoms. The molecule has 0 saturated heterocycles. The van der Waals surface area contributed by atoms with Gasteiger partial charge in [0.2, 0.25) is 5.95 Å². The van der Waals surface area contributed by atoms with Crippen molar-refractivity contribution in [2.75, 3.05) is 5.43 Å². The fourth-order valence-corrected chi connectivity index (χ4v) is 2.37. The van der Waals surface area contributed by atoms with Crippen LogP contribution >= 0.6 is 0 Å². The second kappa shape index (κ2) is 6.02. The number of hydrazine groups is 1. The van der Waals surface area contributed by atoms with Gasteiger partial charge in [-0.25, -0.2) is 5.84 Å². The lowest BCUT2D eigenvalue weighted by Gasteiger charge is -2.10. The number of nitrogen functional groups attached to an aromatic ring is 1. The summed E-state index contributed by atoms with van der Waals surface area (Å²) in [5.41, 5.74) is 8.08. The fraction of sp³-hybridized carbons (Fsp3) is 0.118. The van der Waals surface area contributed by atoms with Crippen molar-refractivity contribution in [1.82, 2.24) is 15.0 Å². The monoisotopic (exact) mass is 307 g/mol. The Balaban J connectivity index is 0.000000213. The standard InChI is InChI=1S/C11H13N5O.C6H4/c1-6-4-3-5-7(2)8(6)9-13-10(16-12)15-11(17)14-9;1-2-6-4-3-5(1)6/h3-5H,12H2,1-2H3,(H2,13,14,15,16,17);1-4H. The molecule has 1 heterocycles. The van der Waals surface area contributed by atoms with Crippen molar-refractivity contribution in [2.45, 2.75) is 13.8 Å². The minimum atomic E-state index is -0.356. The first-order valence-corrected chi connectivity index (χ1v) is 7.17. The molecule has 0 saturated carbocycles. The van der Waals surface area contributed by atoms with Crippen molar-refractivity contribution in [2.24, 2.45) is 5.84 Å². The van der Waals surface area contributed by atoms with E-state index in [2.05, 4.69) is 44.6 Å². The van der Waals surface area contributed by atoms with Gasteiger partial charge in [0.1, 0.15) is 0 Å². The number of fused-ring (bicyclic) bond motifs is 1. The molecule has 4 rings (SSSR count). The molecule has 0 aliphatic heterocycles. The van der Waals surface area contributed by atoms with Crippen LogP contribution in [0.5, 0.6) is 6.01 Å². The number of aromatic nitrogens is 3. The van der Waals surface area contributed by atoms with E-state index in [1.54, 1.807) is 0 Å². The molecule has 6 nitrogen and oxygen atoms in total. The van der Waals surface area contributed by atoms with E-state index in [1.165, 1.54) is 11.1 Å². The zero-order valence-electron chi connectivity index (χ0n) is 12.9. The quantitative estimate of drug-likeness (QED) is 0.389. The van der Waals surface area contributed by atoms with E-state index in [-0.39, 0.29) is 12.0 Å². The molecule has 2 aromatic rings. The topological polar surface area (TPSA) is 97.0 Å². The van der Waals surface area contributed by atoms with Crippen LogP contribution in [0.3, 0.4) is 0 Å². The Morgan fingerprint density at radius 3 is 1.87 bits per heavy atom. The first kappa shape index (κ1) is 14.9. The molecule has 4 N–H and O–H groups in total. The molecule has 0 fully saturated rings. The van der Waals surface area contributed by atoms with Crippen LogP contribution in [0.25, 0.3) is 22.5 Å². The lowest BCUT2D eigenvalue weighted by atomic mass is 9.95. The maximum Gasteiger partial charge on any atom is 0.319 e. The number of hydrogen-bond donors (Lipinski definition) is 3. The van der Waals surface area contributed by atoms with Crippen LogP contribution in [0.15, 0.2) is 42.5 Å². The van der Waals surface area contributed by atoms with Crippen molar-refractivity contribution in [3.8, 4) is 28.5 Å². The smallest absolute Gasteiger partial charge is 0.319 e. The Bertz CT molecular complexity index is 805. The molecular weight excluding hydrogens is 290 g/mol. The van der Waals surface area contributed by atoms with Crippen molar-refractivity contribution < 1.29 is 5.11 Å². The van der Waals surface area contributed by atoms with Gasteiger partial charge in [0.05, 0.1) is 0 Å². The number of nitrogens with two attached hydrogens (primary N) is 1. The van der Waals surface area contributed by atoms with Gasteiger partial charge in [-0.1, -0.05) is 42.5 Å². The highest BCUT2D eigenvalue weighted by molar-refractivity contribution is 5.75. The molecule has 116 valence electrons. The van der Waals surface area contributed by atoms with E-state index in [1.807, 2.05) is 32.0 Å². The van der Waals surface area contributed by atoms with Crippen molar-refractivity contribution in [1.29, 1.82) is 0 Å². The van der Waals surface area contributed by atoms with Crippen LogP contribution in [0, 0.1) is 13.8 Å². The normalized spacial score (nSPS) is 10.6. The Labute approximate surface area is 134 Å². The van der Waals surface area contributed by atoms with Crippen LogP contribution < -0.4 is 11.3 Å². The Hall–Kier alpha value is -2.99. The average molecular weight is 307 g/mol. The molecule has 2 aliphatic rings. The Kier molecular flexibility index (Phi) is 3.91. The zero-order chi connectivity index (χ0) is 16.4. The second-order valence-corrected chi connectivity index (χ2v) is 5.27. The molecule has 23 heavy (non-hydrogen) atoms. The molecule has 1 aromatic heterocycles. The molecule has 0 bridgehead atoms. The van der Waals surface area contributed by atoms with Gasteiger partial charge < -0.3 is 5.11 Å². The van der Waals surface area contributed by atoms with Crippen LogP contribution in [-0.4, -0.2) is 20.1 Å². The van der Waals surface area contributed by atoms with Gasteiger partial charge in [-0.3, -0.25) is 5.43 Å². The van der Waals surface area contributed by atoms with Crippen LogP contribution in [-0.2, 0) is 0 Å². The van der Waals surface area contributed by atoms with E-state index >= 15 is 0 Å². The van der Waals surface area contributed by atoms with Crippen molar-refractivity contribution >= 4 is 5.95 Å². The van der Waals surface area contributed by atoms with E-state index in [9.17, 15) is 5.11 Å². The maximum absolute atomic E-state index is 9.41. The van der Waals surface area contributed by atoms with Crippen LogP contribution in [0.4, 0.5) is 5.95 Å². The van der Waals surface area contributed by atoms with Gasteiger partial charge in [0.25, 0.3) is 0 Å². The highest BCUT2D eigenvalue weighted by Gasteiger charge is 2.11. The van der Waals surface area contributed by atoms with Gasteiger partial charge in [0, 0.05) is 5.56 Å².